The summed E-state index contributed by atoms with van der Waals surface area (Å²) < 4.78 is 0. The van der Waals surface area contributed by atoms with Crippen LogP contribution in [-0.2, 0) is 0 Å². The highest BCUT2D eigenvalue weighted by molar-refractivity contribution is 7.80. The number of hydrogen-bond acceptors (Lipinski definition) is 3. The fourth-order valence-electron chi connectivity index (χ4n) is 2.21. The molecule has 0 saturated carbocycles. The monoisotopic (exact) mass is 216 g/mol. The van der Waals surface area contributed by atoms with Gasteiger partial charge in [-0.05, 0) is 31.3 Å². The molecular formula is C11H24N2S. The summed E-state index contributed by atoms with van der Waals surface area (Å²) in [4.78, 5) is 2.44. The second kappa shape index (κ2) is 5.38. The molecule has 0 amide bonds. The van der Waals surface area contributed by atoms with Crippen molar-refractivity contribution in [2.45, 2.75) is 20.3 Å². The third-order valence-electron chi connectivity index (χ3n) is 3.37. The maximum Gasteiger partial charge on any atom is 0.00399 e. The standard InChI is InChI=1S/C11H24N2S/c1-11(2,9-12-5-7-14)10-4-6-13(3)8-10/h10,12,14H,4-9H2,1-3H3. The zero-order valence-corrected chi connectivity index (χ0v) is 10.6. The van der Waals surface area contributed by atoms with E-state index in [4.69, 9.17) is 0 Å². The Balaban J connectivity index is 2.32. The van der Waals surface area contributed by atoms with E-state index in [1.54, 1.807) is 0 Å². The highest BCUT2D eigenvalue weighted by Crippen LogP contribution is 2.32. The van der Waals surface area contributed by atoms with Crippen molar-refractivity contribution in [2.75, 3.05) is 39.0 Å². The van der Waals surface area contributed by atoms with Gasteiger partial charge in [0.1, 0.15) is 0 Å². The highest BCUT2D eigenvalue weighted by atomic mass is 32.1. The molecule has 84 valence electrons. The molecule has 1 N–H and O–H groups in total. The van der Waals surface area contributed by atoms with Crippen molar-refractivity contribution < 1.29 is 0 Å². The van der Waals surface area contributed by atoms with E-state index >= 15 is 0 Å². The fourth-order valence-corrected chi connectivity index (χ4v) is 2.36. The Morgan fingerprint density at radius 3 is 2.71 bits per heavy atom. The highest BCUT2D eigenvalue weighted by Gasteiger charge is 2.33. The van der Waals surface area contributed by atoms with Gasteiger partial charge in [0.2, 0.25) is 0 Å². The molecule has 14 heavy (non-hydrogen) atoms. The second-order valence-electron chi connectivity index (χ2n) is 5.14. The number of hydrogen-bond donors (Lipinski definition) is 2. The van der Waals surface area contributed by atoms with E-state index < -0.39 is 0 Å². The number of thiol groups is 1. The van der Waals surface area contributed by atoms with E-state index in [2.05, 4.69) is 43.7 Å². The summed E-state index contributed by atoms with van der Waals surface area (Å²) in [7, 11) is 2.22. The van der Waals surface area contributed by atoms with Gasteiger partial charge in [-0.15, -0.1) is 0 Å². The first-order chi connectivity index (χ1) is 6.56. The van der Waals surface area contributed by atoms with Crippen LogP contribution in [0.15, 0.2) is 0 Å². The van der Waals surface area contributed by atoms with Gasteiger partial charge >= 0.3 is 0 Å². The topological polar surface area (TPSA) is 15.3 Å². The Bertz CT molecular complexity index is 171. The lowest BCUT2D eigenvalue weighted by molar-refractivity contribution is 0.208. The Kier molecular flexibility index (Phi) is 4.74. The molecule has 1 rings (SSSR count). The Labute approximate surface area is 93.8 Å². The molecule has 0 aromatic carbocycles. The Hall–Kier alpha value is 0.270. The van der Waals surface area contributed by atoms with Gasteiger partial charge in [0.25, 0.3) is 0 Å². The van der Waals surface area contributed by atoms with Crippen LogP contribution in [-0.4, -0.2) is 43.9 Å². The van der Waals surface area contributed by atoms with E-state index in [1.807, 2.05) is 0 Å². The van der Waals surface area contributed by atoms with Gasteiger partial charge in [0.05, 0.1) is 0 Å². The molecular weight excluding hydrogens is 192 g/mol. The van der Waals surface area contributed by atoms with E-state index in [9.17, 15) is 0 Å². The molecule has 0 bridgehead atoms. The largest absolute Gasteiger partial charge is 0.315 e. The van der Waals surface area contributed by atoms with Crippen molar-refractivity contribution in [3.05, 3.63) is 0 Å². The van der Waals surface area contributed by atoms with Crippen LogP contribution < -0.4 is 5.32 Å². The van der Waals surface area contributed by atoms with Crippen molar-refractivity contribution in [3.8, 4) is 0 Å². The average molecular weight is 216 g/mol. The molecule has 0 aromatic heterocycles. The van der Waals surface area contributed by atoms with Gasteiger partial charge in [-0.3, -0.25) is 0 Å². The molecule has 0 spiro atoms. The normalized spacial score (nSPS) is 24.4. The van der Waals surface area contributed by atoms with Crippen LogP contribution in [0.25, 0.3) is 0 Å². The summed E-state index contributed by atoms with van der Waals surface area (Å²) in [6.07, 6.45) is 1.35. The molecule has 3 heteroatoms. The van der Waals surface area contributed by atoms with Crippen molar-refractivity contribution in [1.29, 1.82) is 0 Å². The smallest absolute Gasteiger partial charge is 0.00399 e. The van der Waals surface area contributed by atoms with Gasteiger partial charge in [-0.25, -0.2) is 0 Å². The van der Waals surface area contributed by atoms with Crippen molar-refractivity contribution >= 4 is 12.6 Å². The average Bonchev–Trinajstić information content (AvgIpc) is 2.53. The minimum Gasteiger partial charge on any atom is -0.315 e. The van der Waals surface area contributed by atoms with Crippen molar-refractivity contribution in [3.63, 3.8) is 0 Å². The van der Waals surface area contributed by atoms with Crippen LogP contribution in [0.4, 0.5) is 0 Å². The van der Waals surface area contributed by atoms with Gasteiger partial charge in [-0.1, -0.05) is 13.8 Å². The predicted octanol–water partition coefficient (Wildman–Crippen LogP) is 1.48. The summed E-state index contributed by atoms with van der Waals surface area (Å²) in [5.74, 6) is 1.78. The SMILES string of the molecule is CN1CCC(C(C)(C)CNCCS)C1. The molecule has 1 aliphatic rings. The molecule has 1 aliphatic heterocycles. The van der Waals surface area contributed by atoms with Gasteiger partial charge in [0.15, 0.2) is 0 Å². The summed E-state index contributed by atoms with van der Waals surface area (Å²) in [5, 5.41) is 3.47. The third kappa shape index (κ3) is 3.44. The lowest BCUT2D eigenvalue weighted by Gasteiger charge is -2.31. The maximum atomic E-state index is 4.20. The van der Waals surface area contributed by atoms with Crippen LogP contribution in [0.5, 0.6) is 0 Å². The minimum atomic E-state index is 0.424. The molecule has 0 aromatic rings. The Morgan fingerprint density at radius 2 is 2.21 bits per heavy atom. The van der Waals surface area contributed by atoms with Crippen LogP contribution in [0.1, 0.15) is 20.3 Å². The minimum absolute atomic E-state index is 0.424. The summed E-state index contributed by atoms with van der Waals surface area (Å²) >= 11 is 4.20. The van der Waals surface area contributed by atoms with E-state index in [1.165, 1.54) is 19.5 Å². The number of likely N-dealkylation sites (tertiary alicyclic amines) is 1. The molecule has 0 radical (unpaired) electrons. The predicted molar refractivity (Wildman–Crippen MR) is 66.1 cm³/mol. The van der Waals surface area contributed by atoms with E-state index in [0.29, 0.717) is 5.41 Å². The molecule has 1 fully saturated rings. The summed E-state index contributed by atoms with van der Waals surface area (Å²) in [6.45, 7) is 9.42. The molecule has 1 saturated heterocycles. The van der Waals surface area contributed by atoms with Gasteiger partial charge in [0, 0.05) is 25.4 Å². The number of rotatable bonds is 5. The lowest BCUT2D eigenvalue weighted by Crippen LogP contribution is -2.37. The molecule has 1 heterocycles. The first kappa shape index (κ1) is 12.3. The van der Waals surface area contributed by atoms with Crippen LogP contribution in [0.2, 0.25) is 0 Å². The molecule has 0 aliphatic carbocycles. The molecule has 1 atom stereocenters. The second-order valence-corrected chi connectivity index (χ2v) is 5.58. The van der Waals surface area contributed by atoms with Crippen molar-refractivity contribution in [2.24, 2.45) is 11.3 Å². The van der Waals surface area contributed by atoms with Gasteiger partial charge in [-0.2, -0.15) is 12.6 Å². The zero-order valence-electron chi connectivity index (χ0n) is 9.71. The lowest BCUT2D eigenvalue weighted by atomic mass is 9.78. The van der Waals surface area contributed by atoms with Crippen molar-refractivity contribution in [1.82, 2.24) is 10.2 Å². The quantitative estimate of drug-likeness (QED) is 0.535. The van der Waals surface area contributed by atoms with Crippen LogP contribution in [0, 0.1) is 11.3 Å². The maximum absolute atomic E-state index is 4.20. The Morgan fingerprint density at radius 1 is 1.50 bits per heavy atom. The van der Waals surface area contributed by atoms with Crippen LogP contribution >= 0.6 is 12.6 Å². The third-order valence-corrected chi connectivity index (χ3v) is 3.59. The fraction of sp³-hybridized carbons (Fsp3) is 1.00. The first-order valence-corrected chi connectivity index (χ1v) is 6.19. The summed E-state index contributed by atoms with van der Waals surface area (Å²) in [5.41, 5.74) is 0.424. The number of nitrogens with one attached hydrogen (secondary N) is 1. The number of nitrogens with zero attached hydrogens (tertiary/aromatic N) is 1. The zero-order chi connectivity index (χ0) is 10.6. The molecule has 2 nitrogen and oxygen atoms in total. The van der Waals surface area contributed by atoms with E-state index in [-0.39, 0.29) is 0 Å². The van der Waals surface area contributed by atoms with Gasteiger partial charge < -0.3 is 10.2 Å². The van der Waals surface area contributed by atoms with Crippen LogP contribution in [0.3, 0.4) is 0 Å². The first-order valence-electron chi connectivity index (χ1n) is 5.56. The summed E-state index contributed by atoms with van der Waals surface area (Å²) in [6, 6.07) is 0. The van der Waals surface area contributed by atoms with E-state index in [0.717, 1.165) is 24.8 Å². The molecule has 1 unspecified atom stereocenters.